The Morgan fingerprint density at radius 2 is 1.82 bits per heavy atom. The summed E-state index contributed by atoms with van der Waals surface area (Å²) in [6, 6.07) is 6.18. The zero-order valence-corrected chi connectivity index (χ0v) is 25.4. The first-order valence-corrected chi connectivity index (χ1v) is 14.6. The number of alkyl halides is 6. The zero-order chi connectivity index (χ0) is 32.9. The van der Waals surface area contributed by atoms with Gasteiger partial charge in [0.25, 0.3) is 0 Å². The van der Waals surface area contributed by atoms with E-state index in [2.05, 4.69) is 15.2 Å². The molecule has 5 rings (SSSR count). The Kier molecular flexibility index (Phi) is 8.36. The van der Waals surface area contributed by atoms with Crippen LogP contribution < -0.4 is 15.5 Å². The molecule has 8 nitrogen and oxygen atoms in total. The molecule has 15 heteroatoms. The number of anilines is 1. The molecule has 0 aliphatic carbocycles. The monoisotopic (exact) mass is 653 g/mol. The minimum absolute atomic E-state index is 0.101. The van der Waals surface area contributed by atoms with E-state index in [0.29, 0.717) is 46.8 Å². The molecule has 3 aromatic rings. The van der Waals surface area contributed by atoms with Gasteiger partial charge in [0.15, 0.2) is 5.13 Å². The molecule has 1 N–H and O–H groups in total. The van der Waals surface area contributed by atoms with Crippen LogP contribution >= 0.6 is 11.3 Å². The summed E-state index contributed by atoms with van der Waals surface area (Å²) in [7, 11) is 1.73. The van der Waals surface area contributed by atoms with Gasteiger partial charge in [0, 0.05) is 32.1 Å². The van der Waals surface area contributed by atoms with Crippen molar-refractivity contribution in [2.24, 2.45) is 10.2 Å². The van der Waals surface area contributed by atoms with Crippen molar-refractivity contribution >= 4 is 34.3 Å². The Hall–Kier alpha value is -4.14. The van der Waals surface area contributed by atoms with Gasteiger partial charge in [0.05, 0.1) is 33.6 Å². The number of fused-ring (bicyclic) bond motifs is 1. The molecule has 1 atom stereocenters. The van der Waals surface area contributed by atoms with E-state index in [1.54, 1.807) is 55.8 Å². The van der Waals surface area contributed by atoms with Crippen molar-refractivity contribution in [3.05, 3.63) is 74.1 Å². The molecule has 2 aliphatic heterocycles. The maximum absolute atomic E-state index is 14.1. The maximum Gasteiger partial charge on any atom is 0.416 e. The van der Waals surface area contributed by atoms with Gasteiger partial charge in [-0.1, -0.05) is 23.5 Å². The second-order valence-electron chi connectivity index (χ2n) is 11.8. The van der Waals surface area contributed by atoms with Gasteiger partial charge < -0.3 is 19.6 Å². The fraction of sp³-hybridized carbons (Fsp3) is 0.400. The van der Waals surface area contributed by atoms with Crippen LogP contribution in [0.2, 0.25) is 0 Å². The number of likely N-dealkylation sites (N-methyl/N-ethyl adjacent to an activating group) is 1. The molecule has 3 heterocycles. The smallest absolute Gasteiger partial charge is 0.416 e. The van der Waals surface area contributed by atoms with E-state index < -0.39 is 53.0 Å². The third kappa shape index (κ3) is 7.08. The second-order valence-corrected chi connectivity index (χ2v) is 12.7. The lowest BCUT2D eigenvalue weighted by atomic mass is 9.94. The third-order valence-electron chi connectivity index (χ3n) is 7.38. The van der Waals surface area contributed by atoms with E-state index in [4.69, 9.17) is 4.74 Å². The van der Waals surface area contributed by atoms with E-state index in [1.807, 2.05) is 0 Å². The summed E-state index contributed by atoms with van der Waals surface area (Å²) in [4.78, 5) is 20.4. The van der Waals surface area contributed by atoms with Crippen LogP contribution in [0.25, 0.3) is 5.57 Å². The highest BCUT2D eigenvalue weighted by molar-refractivity contribution is 7.17. The molecule has 0 bridgehead atoms. The molecule has 45 heavy (non-hydrogen) atoms. The van der Waals surface area contributed by atoms with E-state index in [-0.39, 0.29) is 22.6 Å². The molecule has 0 saturated carbocycles. The molecule has 2 aliphatic rings. The lowest BCUT2D eigenvalue weighted by molar-refractivity contribution is -0.143. The Labute approximate surface area is 258 Å². The first-order valence-electron chi connectivity index (χ1n) is 13.8. The Balaban J connectivity index is 1.54. The number of ether oxygens (including phenoxy) is 1. The van der Waals surface area contributed by atoms with Crippen LogP contribution in [0.1, 0.15) is 54.3 Å². The van der Waals surface area contributed by atoms with Crippen molar-refractivity contribution in [1.82, 2.24) is 9.88 Å². The number of carbonyl (C=O) groups excluding carboxylic acids is 1. The van der Waals surface area contributed by atoms with Crippen LogP contribution in [0.3, 0.4) is 0 Å². The fourth-order valence-corrected chi connectivity index (χ4v) is 6.18. The summed E-state index contributed by atoms with van der Waals surface area (Å²) in [6.45, 7) is 6.06. The number of carbonyl (C=O) groups is 1. The number of aromatic nitrogens is 1. The number of thiazole rings is 1. The standard InChI is InChI=1S/C30H29F6N5O3S/c1-28(2,3)44-27(43)41-10-9-20(15-41)40(4)26-38-25(42)24(45-26)21(16-6-8-23-18(11-16)14-37-39-23)12-17-5-7-19(29(31,32)33)13-22(17)30(34,35)36/h5-8,11,13-14,20,42H,9-10,12,15H2,1-4H3. The van der Waals surface area contributed by atoms with E-state index in [0.717, 1.165) is 17.4 Å². The van der Waals surface area contributed by atoms with Gasteiger partial charge in [-0.15, -0.1) is 0 Å². The summed E-state index contributed by atoms with van der Waals surface area (Å²) in [6.07, 6.45) is -8.92. The summed E-state index contributed by atoms with van der Waals surface area (Å²) >= 11 is 1.03. The van der Waals surface area contributed by atoms with E-state index in [1.165, 1.54) is 6.21 Å². The lowest BCUT2D eigenvalue weighted by Crippen LogP contribution is -2.39. The molecular weight excluding hydrogens is 624 g/mol. The first-order chi connectivity index (χ1) is 20.9. The molecule has 1 amide bonds. The minimum atomic E-state index is -5.07. The normalized spacial score (nSPS) is 17.3. The van der Waals surface area contributed by atoms with Crippen LogP contribution in [0.5, 0.6) is 5.88 Å². The van der Waals surface area contributed by atoms with Crippen molar-refractivity contribution in [3.63, 3.8) is 0 Å². The number of amides is 1. The fourth-order valence-electron chi connectivity index (χ4n) is 5.12. The Morgan fingerprint density at radius 3 is 2.49 bits per heavy atom. The molecule has 1 fully saturated rings. The Bertz CT molecular complexity index is 1780. The second kappa shape index (κ2) is 11.7. The predicted molar refractivity (Wildman–Crippen MR) is 156 cm³/mol. The highest BCUT2D eigenvalue weighted by Crippen LogP contribution is 2.41. The van der Waals surface area contributed by atoms with E-state index >= 15 is 0 Å². The average Bonchev–Trinajstić information content (AvgIpc) is 3.69. The highest BCUT2D eigenvalue weighted by Gasteiger charge is 2.39. The van der Waals surface area contributed by atoms with Crippen LogP contribution in [0, 0.1) is 0 Å². The maximum atomic E-state index is 14.1. The van der Waals surface area contributed by atoms with Crippen molar-refractivity contribution < 1.29 is 41.0 Å². The zero-order valence-electron chi connectivity index (χ0n) is 24.6. The van der Waals surface area contributed by atoms with Gasteiger partial charge in [0.2, 0.25) is 5.88 Å². The number of hydrogen-bond acceptors (Lipinski definition) is 8. The van der Waals surface area contributed by atoms with Gasteiger partial charge in [-0.3, -0.25) is 0 Å². The van der Waals surface area contributed by atoms with Crippen molar-refractivity contribution in [3.8, 4) is 5.88 Å². The molecule has 1 saturated heterocycles. The minimum Gasteiger partial charge on any atom is -0.492 e. The lowest BCUT2D eigenvalue weighted by Gasteiger charge is -2.26. The molecule has 240 valence electrons. The molecule has 1 unspecified atom stereocenters. The summed E-state index contributed by atoms with van der Waals surface area (Å²) in [5.74, 6) is -0.446. The Morgan fingerprint density at radius 1 is 1.09 bits per heavy atom. The molecule has 1 aromatic heterocycles. The molecule has 0 spiro atoms. The quantitative estimate of drug-likeness (QED) is 0.355. The molecule has 2 aromatic carbocycles. The SMILES string of the molecule is CN(c1nc(O)c(C(Cc2ccc(C(F)(F)F)cc2C(F)(F)F)=c2ccc3c(c2)C=NN=3)s1)C1CCN(C(=O)OC(C)(C)C)C1. The number of benzene rings is 2. The van der Waals surface area contributed by atoms with Crippen molar-refractivity contribution in [1.29, 1.82) is 0 Å². The molecular formula is C30H29F6N5O3S. The third-order valence-corrected chi connectivity index (χ3v) is 8.58. The number of aromatic hydroxyl groups is 1. The predicted octanol–water partition coefficient (Wildman–Crippen LogP) is 5.74. The van der Waals surface area contributed by atoms with Crippen LogP contribution in [-0.2, 0) is 23.5 Å². The summed E-state index contributed by atoms with van der Waals surface area (Å²) in [5.41, 5.74) is -3.11. The van der Waals surface area contributed by atoms with Gasteiger partial charge in [-0.05, 0) is 67.8 Å². The van der Waals surface area contributed by atoms with E-state index in [9.17, 15) is 36.2 Å². The van der Waals surface area contributed by atoms with Crippen LogP contribution in [-0.4, -0.2) is 59.1 Å². The average molecular weight is 654 g/mol. The van der Waals surface area contributed by atoms with Crippen molar-refractivity contribution in [2.75, 3.05) is 25.0 Å². The largest absolute Gasteiger partial charge is 0.492 e. The van der Waals surface area contributed by atoms with Gasteiger partial charge >= 0.3 is 18.4 Å². The number of likely N-dealkylation sites (tertiary alicyclic amines) is 1. The van der Waals surface area contributed by atoms with Gasteiger partial charge in [-0.25, -0.2) is 4.79 Å². The molecule has 0 radical (unpaired) electrons. The van der Waals surface area contributed by atoms with Crippen LogP contribution in [0.4, 0.5) is 36.3 Å². The highest BCUT2D eigenvalue weighted by atomic mass is 32.1. The van der Waals surface area contributed by atoms with Gasteiger partial charge in [-0.2, -0.15) is 41.5 Å². The number of rotatable bonds is 5. The van der Waals surface area contributed by atoms with Gasteiger partial charge in [0.1, 0.15) is 5.60 Å². The summed E-state index contributed by atoms with van der Waals surface area (Å²) < 4.78 is 87.7. The van der Waals surface area contributed by atoms with Crippen molar-refractivity contribution in [2.45, 2.75) is 57.6 Å². The van der Waals surface area contributed by atoms with Crippen LogP contribution in [0.15, 0.2) is 46.6 Å². The first kappa shape index (κ1) is 32.3. The number of hydrogen-bond donors (Lipinski definition) is 1. The topological polar surface area (TPSA) is 90.6 Å². The number of nitrogens with zero attached hydrogens (tertiary/aromatic N) is 5. The number of halogens is 6. The summed E-state index contributed by atoms with van der Waals surface area (Å²) in [5, 5.41) is 20.1.